The van der Waals surface area contributed by atoms with Gasteiger partial charge in [0.15, 0.2) is 0 Å². The van der Waals surface area contributed by atoms with Crippen molar-refractivity contribution in [3.8, 4) is 0 Å². The molecular formula is C26H31N3O3. The summed E-state index contributed by atoms with van der Waals surface area (Å²) in [5.74, 6) is 0.627. The Hall–Kier alpha value is -3.54. The molecule has 0 saturated carbocycles. The lowest BCUT2D eigenvalue weighted by molar-refractivity contribution is -0.132. The Morgan fingerprint density at radius 2 is 1.53 bits per heavy atom. The van der Waals surface area contributed by atoms with E-state index in [4.69, 9.17) is 4.42 Å². The number of rotatable bonds is 11. The molecule has 3 amide bonds. The van der Waals surface area contributed by atoms with Gasteiger partial charge in [-0.25, -0.2) is 4.79 Å². The molecule has 1 aromatic heterocycles. The molecule has 0 aliphatic rings. The van der Waals surface area contributed by atoms with E-state index >= 15 is 0 Å². The number of furan rings is 1. The van der Waals surface area contributed by atoms with Gasteiger partial charge in [-0.3, -0.25) is 4.79 Å². The molecule has 0 spiro atoms. The first-order valence-electron chi connectivity index (χ1n) is 11.1. The standard InChI is InChI=1S/C26H31N3O3/c1-2-16-29(26(31)27-19-23-12-7-4-8-13-23)21-25(30)28(20-24-14-9-18-32-24)17-15-22-10-5-3-6-11-22/h3-14,18H,2,15-17,19-21H2,1H3,(H,27,31). The zero-order valence-electron chi connectivity index (χ0n) is 18.6. The van der Waals surface area contributed by atoms with Gasteiger partial charge in [-0.15, -0.1) is 0 Å². The number of benzene rings is 2. The van der Waals surface area contributed by atoms with Crippen LogP contribution in [0.1, 0.15) is 30.2 Å². The third-order valence-electron chi connectivity index (χ3n) is 5.19. The van der Waals surface area contributed by atoms with Gasteiger partial charge >= 0.3 is 6.03 Å². The summed E-state index contributed by atoms with van der Waals surface area (Å²) in [6, 6.07) is 23.3. The predicted octanol–water partition coefficient (Wildman–Crippen LogP) is 4.47. The summed E-state index contributed by atoms with van der Waals surface area (Å²) >= 11 is 0. The molecule has 6 nitrogen and oxygen atoms in total. The maximum absolute atomic E-state index is 13.2. The van der Waals surface area contributed by atoms with Crippen LogP contribution in [0.5, 0.6) is 0 Å². The van der Waals surface area contributed by atoms with Crippen LogP contribution in [0.2, 0.25) is 0 Å². The molecule has 0 fully saturated rings. The summed E-state index contributed by atoms with van der Waals surface area (Å²) in [5, 5.41) is 2.93. The van der Waals surface area contributed by atoms with Gasteiger partial charge in [-0.05, 0) is 36.1 Å². The second-order valence-corrected chi connectivity index (χ2v) is 7.70. The maximum atomic E-state index is 13.2. The van der Waals surface area contributed by atoms with Crippen LogP contribution >= 0.6 is 0 Å². The van der Waals surface area contributed by atoms with Gasteiger partial charge in [0.25, 0.3) is 0 Å². The van der Waals surface area contributed by atoms with Crippen molar-refractivity contribution in [2.75, 3.05) is 19.6 Å². The van der Waals surface area contributed by atoms with Gasteiger partial charge in [-0.2, -0.15) is 0 Å². The Morgan fingerprint density at radius 3 is 2.16 bits per heavy atom. The summed E-state index contributed by atoms with van der Waals surface area (Å²) in [6.45, 7) is 3.90. The molecule has 0 unspecified atom stereocenters. The first-order valence-corrected chi connectivity index (χ1v) is 11.1. The number of carbonyl (C=O) groups is 2. The van der Waals surface area contributed by atoms with Crippen molar-refractivity contribution in [3.05, 3.63) is 95.9 Å². The maximum Gasteiger partial charge on any atom is 0.318 e. The van der Waals surface area contributed by atoms with E-state index in [2.05, 4.69) is 17.4 Å². The van der Waals surface area contributed by atoms with Crippen molar-refractivity contribution in [2.45, 2.75) is 32.9 Å². The average molecular weight is 434 g/mol. The summed E-state index contributed by atoms with van der Waals surface area (Å²) < 4.78 is 5.47. The molecule has 0 aliphatic carbocycles. The number of hydrogen-bond donors (Lipinski definition) is 1. The van der Waals surface area contributed by atoms with E-state index in [9.17, 15) is 9.59 Å². The van der Waals surface area contributed by atoms with Crippen LogP contribution in [-0.2, 0) is 24.3 Å². The van der Waals surface area contributed by atoms with Crippen molar-refractivity contribution < 1.29 is 14.0 Å². The Bertz CT molecular complexity index is 943. The molecule has 0 atom stereocenters. The normalized spacial score (nSPS) is 10.5. The summed E-state index contributed by atoms with van der Waals surface area (Å²) in [7, 11) is 0. The molecule has 0 radical (unpaired) electrons. The third-order valence-corrected chi connectivity index (χ3v) is 5.19. The van der Waals surface area contributed by atoms with Crippen LogP contribution in [0.15, 0.2) is 83.5 Å². The first-order chi connectivity index (χ1) is 15.7. The molecule has 3 rings (SSSR count). The molecule has 0 saturated heterocycles. The van der Waals surface area contributed by atoms with Crippen LogP contribution in [0, 0.1) is 0 Å². The predicted molar refractivity (Wildman–Crippen MR) is 125 cm³/mol. The highest BCUT2D eigenvalue weighted by atomic mass is 16.3. The van der Waals surface area contributed by atoms with Crippen LogP contribution in [0.25, 0.3) is 0 Å². The van der Waals surface area contributed by atoms with E-state index in [0.29, 0.717) is 26.2 Å². The van der Waals surface area contributed by atoms with E-state index in [1.54, 1.807) is 16.1 Å². The number of urea groups is 1. The minimum Gasteiger partial charge on any atom is -0.467 e. The highest BCUT2D eigenvalue weighted by Gasteiger charge is 2.21. The average Bonchev–Trinajstić information content (AvgIpc) is 3.34. The Balaban J connectivity index is 1.63. The van der Waals surface area contributed by atoms with Crippen molar-refractivity contribution in [2.24, 2.45) is 0 Å². The van der Waals surface area contributed by atoms with Crippen LogP contribution in [-0.4, -0.2) is 41.4 Å². The van der Waals surface area contributed by atoms with E-state index in [1.807, 2.05) is 67.6 Å². The third kappa shape index (κ3) is 7.30. The molecule has 2 aromatic carbocycles. The highest BCUT2D eigenvalue weighted by Crippen LogP contribution is 2.10. The second-order valence-electron chi connectivity index (χ2n) is 7.70. The molecule has 32 heavy (non-hydrogen) atoms. The molecule has 3 aromatic rings. The lowest BCUT2D eigenvalue weighted by Gasteiger charge is -2.27. The van der Waals surface area contributed by atoms with Crippen molar-refractivity contribution >= 4 is 11.9 Å². The van der Waals surface area contributed by atoms with Gasteiger partial charge in [0.1, 0.15) is 12.3 Å². The fourth-order valence-corrected chi connectivity index (χ4v) is 3.46. The Morgan fingerprint density at radius 1 is 0.844 bits per heavy atom. The van der Waals surface area contributed by atoms with Crippen LogP contribution in [0.3, 0.4) is 0 Å². The van der Waals surface area contributed by atoms with Crippen LogP contribution in [0.4, 0.5) is 4.79 Å². The van der Waals surface area contributed by atoms with E-state index in [-0.39, 0.29) is 18.5 Å². The van der Waals surface area contributed by atoms with Crippen LogP contribution < -0.4 is 5.32 Å². The van der Waals surface area contributed by atoms with Gasteiger partial charge in [-0.1, -0.05) is 67.6 Å². The number of nitrogens with zero attached hydrogens (tertiary/aromatic N) is 2. The summed E-state index contributed by atoms with van der Waals surface area (Å²) in [4.78, 5) is 29.4. The fraction of sp³-hybridized carbons (Fsp3) is 0.308. The van der Waals surface area contributed by atoms with Crippen molar-refractivity contribution in [1.29, 1.82) is 0 Å². The van der Waals surface area contributed by atoms with Crippen molar-refractivity contribution in [3.63, 3.8) is 0 Å². The summed E-state index contributed by atoms with van der Waals surface area (Å²) in [5.41, 5.74) is 2.18. The Labute approximate surface area is 189 Å². The lowest BCUT2D eigenvalue weighted by atomic mass is 10.1. The number of hydrogen-bond acceptors (Lipinski definition) is 3. The quantitative estimate of drug-likeness (QED) is 0.485. The highest BCUT2D eigenvalue weighted by molar-refractivity contribution is 5.84. The lowest BCUT2D eigenvalue weighted by Crippen LogP contribution is -2.47. The number of carbonyl (C=O) groups excluding carboxylic acids is 2. The monoisotopic (exact) mass is 433 g/mol. The second kappa shape index (κ2) is 12.3. The zero-order chi connectivity index (χ0) is 22.6. The van der Waals surface area contributed by atoms with Gasteiger partial charge in [0, 0.05) is 19.6 Å². The number of nitrogens with one attached hydrogen (secondary N) is 1. The van der Waals surface area contributed by atoms with Gasteiger partial charge < -0.3 is 19.5 Å². The first kappa shape index (κ1) is 23.1. The van der Waals surface area contributed by atoms with E-state index in [1.165, 1.54) is 0 Å². The van der Waals surface area contributed by atoms with Crippen molar-refractivity contribution in [1.82, 2.24) is 15.1 Å². The SMILES string of the molecule is CCCN(CC(=O)N(CCc1ccccc1)Cc1ccco1)C(=O)NCc1ccccc1. The molecule has 0 aliphatic heterocycles. The molecule has 6 heteroatoms. The molecule has 1 N–H and O–H groups in total. The number of amides is 3. The zero-order valence-corrected chi connectivity index (χ0v) is 18.6. The molecule has 0 bridgehead atoms. The fourth-order valence-electron chi connectivity index (χ4n) is 3.46. The molecule has 168 valence electrons. The van der Waals surface area contributed by atoms with Gasteiger partial charge in [0.2, 0.25) is 5.91 Å². The van der Waals surface area contributed by atoms with E-state index in [0.717, 1.165) is 29.7 Å². The Kier molecular flexibility index (Phi) is 8.92. The largest absolute Gasteiger partial charge is 0.467 e. The topological polar surface area (TPSA) is 65.8 Å². The molecule has 1 heterocycles. The minimum absolute atomic E-state index is 0.0317. The molecular weight excluding hydrogens is 402 g/mol. The van der Waals surface area contributed by atoms with Gasteiger partial charge in [0.05, 0.1) is 12.8 Å². The minimum atomic E-state index is -0.231. The smallest absolute Gasteiger partial charge is 0.318 e. The van der Waals surface area contributed by atoms with E-state index < -0.39 is 0 Å². The summed E-state index contributed by atoms with van der Waals surface area (Å²) in [6.07, 6.45) is 3.12.